The van der Waals surface area contributed by atoms with Crippen LogP contribution in [0.2, 0.25) is 0 Å². The molecule has 0 spiro atoms. The lowest BCUT2D eigenvalue weighted by molar-refractivity contribution is 0.0693. The highest BCUT2D eigenvalue weighted by atomic mass is 19.1. The fourth-order valence-corrected chi connectivity index (χ4v) is 3.88. The van der Waals surface area contributed by atoms with E-state index in [1.807, 2.05) is 13.0 Å². The Bertz CT molecular complexity index is 1300. The fraction of sp³-hybridized carbons (Fsp3) is 0.280. The molecule has 0 amide bonds. The number of methoxy groups -OCH3 is 2. The molecule has 1 N–H and O–H groups in total. The van der Waals surface area contributed by atoms with Gasteiger partial charge in [0.1, 0.15) is 28.6 Å². The Kier molecular flexibility index (Phi) is 6.56. The van der Waals surface area contributed by atoms with Gasteiger partial charge in [-0.05, 0) is 30.7 Å². The molecule has 1 atom stereocenters. The smallest absolute Gasteiger partial charge is 0.341 e. The Morgan fingerprint density at radius 2 is 1.94 bits per heavy atom. The molecule has 0 saturated carbocycles. The first-order valence-corrected chi connectivity index (χ1v) is 10.6. The Balaban J connectivity index is 1.86. The monoisotopic (exact) mass is 469 g/mol. The number of halogens is 1. The molecule has 0 bridgehead atoms. The Labute approximate surface area is 195 Å². The zero-order chi connectivity index (χ0) is 24.4. The van der Waals surface area contributed by atoms with Crippen molar-refractivity contribution in [2.24, 2.45) is 0 Å². The molecule has 4 rings (SSSR count). The van der Waals surface area contributed by atoms with Crippen LogP contribution >= 0.6 is 0 Å². The van der Waals surface area contributed by atoms with E-state index in [-0.39, 0.29) is 5.75 Å². The number of carbonyl (C=O) groups is 1. The quantitative estimate of drug-likeness (QED) is 0.498. The van der Waals surface area contributed by atoms with Crippen molar-refractivity contribution in [3.8, 4) is 28.5 Å². The summed E-state index contributed by atoms with van der Waals surface area (Å²) in [6.07, 6.45) is 0.973. The van der Waals surface area contributed by atoms with Crippen molar-refractivity contribution in [3.05, 3.63) is 75.3 Å². The van der Waals surface area contributed by atoms with Gasteiger partial charge in [-0.1, -0.05) is 0 Å². The van der Waals surface area contributed by atoms with Crippen molar-refractivity contribution in [2.75, 3.05) is 27.4 Å². The van der Waals surface area contributed by atoms with E-state index in [2.05, 4.69) is 0 Å². The van der Waals surface area contributed by atoms with Crippen LogP contribution in [-0.2, 0) is 4.74 Å². The number of hydrogen-bond donors (Lipinski definition) is 1. The maximum atomic E-state index is 14.3. The number of fused-ring (bicyclic) bond motifs is 3. The highest BCUT2D eigenvalue weighted by molar-refractivity contribution is 5.88. The van der Waals surface area contributed by atoms with Crippen LogP contribution in [0, 0.1) is 12.7 Å². The molecule has 0 aliphatic carbocycles. The molecule has 0 fully saturated rings. The second-order valence-electron chi connectivity index (χ2n) is 7.85. The van der Waals surface area contributed by atoms with Crippen molar-refractivity contribution >= 4 is 5.97 Å². The summed E-state index contributed by atoms with van der Waals surface area (Å²) in [4.78, 5) is 24.2. The van der Waals surface area contributed by atoms with E-state index in [1.54, 1.807) is 19.2 Å². The highest BCUT2D eigenvalue weighted by Crippen LogP contribution is 2.43. The van der Waals surface area contributed by atoms with E-state index in [0.29, 0.717) is 48.0 Å². The summed E-state index contributed by atoms with van der Waals surface area (Å²) in [7, 11) is 3.04. The number of nitrogens with zero attached hydrogens (tertiary/aromatic N) is 1. The van der Waals surface area contributed by atoms with Gasteiger partial charge in [-0.2, -0.15) is 0 Å². The zero-order valence-corrected chi connectivity index (χ0v) is 19.0. The minimum Gasteiger partial charge on any atom is -0.497 e. The third-order valence-corrected chi connectivity index (χ3v) is 5.52. The van der Waals surface area contributed by atoms with Crippen LogP contribution in [0.25, 0.3) is 11.3 Å². The topological polar surface area (TPSA) is 96.2 Å². The van der Waals surface area contributed by atoms with Crippen LogP contribution in [0.5, 0.6) is 17.2 Å². The molecule has 2 aromatic carbocycles. The number of carboxylic acid groups (broad SMARTS) is 1. The van der Waals surface area contributed by atoms with Gasteiger partial charge in [0.25, 0.3) is 0 Å². The van der Waals surface area contributed by atoms with Crippen LogP contribution < -0.4 is 19.6 Å². The van der Waals surface area contributed by atoms with Crippen LogP contribution in [-0.4, -0.2) is 43.1 Å². The van der Waals surface area contributed by atoms with Crippen LogP contribution in [0.15, 0.2) is 47.4 Å². The Morgan fingerprint density at radius 3 is 2.65 bits per heavy atom. The molecule has 34 heavy (non-hydrogen) atoms. The molecule has 2 heterocycles. The summed E-state index contributed by atoms with van der Waals surface area (Å²) in [5.41, 5.74) is 1.17. The number of aromatic carboxylic acids is 1. The van der Waals surface area contributed by atoms with Gasteiger partial charge in [0, 0.05) is 55.7 Å². The average Bonchev–Trinajstić information content (AvgIpc) is 2.80. The molecule has 3 aromatic rings. The first-order chi connectivity index (χ1) is 16.3. The molecular formula is C25H24FNO7. The number of aromatic nitrogens is 1. The molecule has 0 saturated heterocycles. The first kappa shape index (κ1) is 23.3. The van der Waals surface area contributed by atoms with E-state index >= 15 is 0 Å². The largest absolute Gasteiger partial charge is 0.497 e. The number of pyridine rings is 1. The van der Waals surface area contributed by atoms with Gasteiger partial charge in [0.15, 0.2) is 5.43 Å². The second kappa shape index (κ2) is 9.56. The molecule has 8 nitrogen and oxygen atoms in total. The molecule has 9 heteroatoms. The van der Waals surface area contributed by atoms with Crippen LogP contribution in [0.1, 0.15) is 34.1 Å². The van der Waals surface area contributed by atoms with Crippen molar-refractivity contribution in [1.29, 1.82) is 0 Å². The Morgan fingerprint density at radius 1 is 1.15 bits per heavy atom. The number of ether oxygens (including phenoxy) is 4. The predicted molar refractivity (Wildman–Crippen MR) is 122 cm³/mol. The zero-order valence-electron chi connectivity index (χ0n) is 19.0. The van der Waals surface area contributed by atoms with Crippen LogP contribution in [0.4, 0.5) is 4.39 Å². The van der Waals surface area contributed by atoms with E-state index in [9.17, 15) is 19.1 Å². The Hall–Kier alpha value is -3.85. The summed E-state index contributed by atoms with van der Waals surface area (Å²) in [6, 6.07) is 8.89. The van der Waals surface area contributed by atoms with Gasteiger partial charge in [-0.3, -0.25) is 4.79 Å². The summed E-state index contributed by atoms with van der Waals surface area (Å²) < 4.78 is 38.2. The minimum absolute atomic E-state index is 0.275. The maximum Gasteiger partial charge on any atom is 0.341 e. The summed E-state index contributed by atoms with van der Waals surface area (Å²) in [5.74, 6) is -0.614. The summed E-state index contributed by atoms with van der Waals surface area (Å²) >= 11 is 0. The van der Waals surface area contributed by atoms with E-state index < -0.39 is 29.0 Å². The molecule has 1 aliphatic rings. The lowest BCUT2D eigenvalue weighted by Gasteiger charge is -2.32. The standard InChI is InChI=1S/C25H24FNO7/c1-14-7-18-20-11-21(28)19(25(29)30)13-27(20)24(15-8-16(26)10-17(9-15)32-3)34-23(18)12-22(14)33-6-4-5-31-2/h7-13,24H,4-6H2,1-3H3,(H,29,30). The normalized spacial score (nSPS) is 14.1. The minimum atomic E-state index is -1.36. The second-order valence-corrected chi connectivity index (χ2v) is 7.85. The van der Waals surface area contributed by atoms with Gasteiger partial charge in [-0.15, -0.1) is 0 Å². The fourth-order valence-electron chi connectivity index (χ4n) is 3.88. The SMILES string of the molecule is COCCCOc1cc2c(cc1C)-c1cc(=O)c(C(=O)O)cn1C(c1cc(F)cc(OC)c1)O2. The molecule has 178 valence electrons. The number of benzene rings is 2. The van der Waals surface area contributed by atoms with Gasteiger partial charge in [0.2, 0.25) is 6.23 Å². The van der Waals surface area contributed by atoms with Crippen molar-refractivity contribution in [2.45, 2.75) is 19.6 Å². The summed E-state index contributed by atoms with van der Waals surface area (Å²) in [5, 5.41) is 9.49. The van der Waals surface area contributed by atoms with Crippen molar-refractivity contribution in [1.82, 2.24) is 4.57 Å². The number of aryl methyl sites for hydroxylation is 1. The maximum absolute atomic E-state index is 14.3. The molecule has 1 unspecified atom stereocenters. The van der Waals surface area contributed by atoms with E-state index in [1.165, 1.54) is 36.1 Å². The highest BCUT2D eigenvalue weighted by Gasteiger charge is 2.30. The first-order valence-electron chi connectivity index (χ1n) is 10.6. The lowest BCUT2D eigenvalue weighted by Crippen LogP contribution is -2.28. The van der Waals surface area contributed by atoms with Crippen LogP contribution in [0.3, 0.4) is 0 Å². The lowest BCUT2D eigenvalue weighted by atomic mass is 10.0. The van der Waals surface area contributed by atoms with Gasteiger partial charge in [-0.25, -0.2) is 9.18 Å². The molecule has 1 aromatic heterocycles. The van der Waals surface area contributed by atoms with E-state index in [4.69, 9.17) is 18.9 Å². The predicted octanol–water partition coefficient (Wildman–Crippen LogP) is 4.02. The summed E-state index contributed by atoms with van der Waals surface area (Å²) in [6.45, 7) is 2.87. The van der Waals surface area contributed by atoms with Crippen molar-refractivity contribution in [3.63, 3.8) is 0 Å². The number of carboxylic acids is 1. The van der Waals surface area contributed by atoms with Gasteiger partial charge < -0.3 is 28.6 Å². The number of hydrogen-bond acceptors (Lipinski definition) is 6. The van der Waals surface area contributed by atoms with Gasteiger partial charge in [0.05, 0.1) is 19.4 Å². The molecular weight excluding hydrogens is 445 g/mol. The number of rotatable bonds is 8. The third kappa shape index (κ3) is 4.47. The average molecular weight is 469 g/mol. The third-order valence-electron chi connectivity index (χ3n) is 5.52. The van der Waals surface area contributed by atoms with Crippen molar-refractivity contribution < 1.29 is 33.2 Å². The molecule has 0 radical (unpaired) electrons. The van der Waals surface area contributed by atoms with Gasteiger partial charge >= 0.3 is 5.97 Å². The van der Waals surface area contributed by atoms with E-state index in [0.717, 1.165) is 5.56 Å². The molecule has 1 aliphatic heterocycles.